The Morgan fingerprint density at radius 2 is 0.941 bits per heavy atom. The van der Waals surface area contributed by atoms with Crippen molar-refractivity contribution in [3.05, 3.63) is 83.4 Å². The number of amides is 4. The summed E-state index contributed by atoms with van der Waals surface area (Å²) in [5.74, 6) is -0.535. The van der Waals surface area contributed by atoms with Crippen LogP contribution in [0.4, 0.5) is 32.3 Å². The molecular weight excluding hydrogens is 648 g/mol. The predicted molar refractivity (Wildman–Crippen MR) is 200 cm³/mol. The maximum Gasteiger partial charge on any atom is 0.410 e. The lowest BCUT2D eigenvalue weighted by atomic mass is 10.0. The average molecular weight is 699 g/mol. The van der Waals surface area contributed by atoms with Crippen molar-refractivity contribution >= 4 is 46.8 Å². The van der Waals surface area contributed by atoms with Crippen LogP contribution in [0.25, 0.3) is 0 Å². The van der Waals surface area contributed by atoms with E-state index in [-0.39, 0.29) is 24.0 Å². The van der Waals surface area contributed by atoms with E-state index in [9.17, 15) is 19.2 Å². The van der Waals surface area contributed by atoms with Gasteiger partial charge in [0.05, 0.1) is 0 Å². The number of nitrogens with one attached hydrogen (secondary N) is 2. The Labute approximate surface area is 300 Å². The van der Waals surface area contributed by atoms with E-state index in [0.717, 1.165) is 11.4 Å². The summed E-state index contributed by atoms with van der Waals surface area (Å²) in [6, 6.07) is 20.3. The molecule has 0 bridgehead atoms. The lowest BCUT2D eigenvalue weighted by Crippen LogP contribution is -2.50. The van der Waals surface area contributed by atoms with Gasteiger partial charge in [0.15, 0.2) is 0 Å². The van der Waals surface area contributed by atoms with Gasteiger partial charge in [-0.25, -0.2) is 9.59 Å². The van der Waals surface area contributed by atoms with E-state index in [1.54, 1.807) is 28.0 Å². The monoisotopic (exact) mass is 698 g/mol. The molecule has 4 amide bonds. The number of hydrogen-bond acceptors (Lipinski definition) is 8. The van der Waals surface area contributed by atoms with Crippen LogP contribution in [0.2, 0.25) is 0 Å². The molecule has 2 saturated heterocycles. The Hall–Kier alpha value is -5.26. The van der Waals surface area contributed by atoms with Gasteiger partial charge in [-0.15, -0.1) is 0 Å². The number of hydrogen-bond donors (Lipinski definition) is 2. The van der Waals surface area contributed by atoms with Crippen molar-refractivity contribution in [2.75, 3.05) is 72.8 Å². The standard InChI is InChI=1S/C39H50N6O6/c1-27-26-28(34(46)40-29-9-13-31(14-10-29)42-18-22-44(23-19-42)36(48)50-38(2,3)4)8-17-33(27)35(47)41-30-11-15-32(16-12-30)43-20-24-45(25-21-43)37(49)51-39(5,6)7/h8-17,26H,18-25H2,1-7H3,(H,40,46)(H,41,47). The summed E-state index contributed by atoms with van der Waals surface area (Å²) in [6.45, 7) is 18.0. The molecule has 0 atom stereocenters. The Bertz CT molecular complexity index is 1710. The van der Waals surface area contributed by atoms with E-state index in [1.807, 2.05) is 97.0 Å². The molecule has 0 spiro atoms. The molecule has 2 fully saturated rings. The SMILES string of the molecule is Cc1cc(C(=O)Nc2ccc(N3CCN(C(=O)OC(C)(C)C)CC3)cc2)ccc1C(=O)Nc1ccc(N2CCN(C(=O)OC(C)(C)C)CC2)cc1. The van der Waals surface area contributed by atoms with Crippen LogP contribution >= 0.6 is 0 Å². The Morgan fingerprint density at radius 3 is 1.31 bits per heavy atom. The maximum atomic E-state index is 13.2. The highest BCUT2D eigenvalue weighted by atomic mass is 16.6. The normalized spacial score (nSPS) is 15.3. The molecule has 0 aromatic heterocycles. The topological polar surface area (TPSA) is 124 Å². The van der Waals surface area contributed by atoms with Gasteiger partial charge in [0.2, 0.25) is 0 Å². The number of ether oxygens (including phenoxy) is 2. The van der Waals surface area contributed by atoms with Gasteiger partial charge >= 0.3 is 12.2 Å². The molecular formula is C39H50N6O6. The Kier molecular flexibility index (Phi) is 11.1. The van der Waals surface area contributed by atoms with Crippen LogP contribution in [-0.4, -0.2) is 97.4 Å². The molecule has 5 rings (SSSR count). The third-order valence-electron chi connectivity index (χ3n) is 8.58. The molecule has 12 heteroatoms. The molecule has 2 heterocycles. The molecule has 2 N–H and O–H groups in total. The largest absolute Gasteiger partial charge is 0.444 e. The summed E-state index contributed by atoms with van der Waals surface area (Å²) in [5.41, 5.74) is 3.89. The zero-order valence-electron chi connectivity index (χ0n) is 30.7. The van der Waals surface area contributed by atoms with Crippen molar-refractivity contribution in [3.63, 3.8) is 0 Å². The van der Waals surface area contributed by atoms with E-state index < -0.39 is 11.2 Å². The first-order chi connectivity index (χ1) is 24.0. The Balaban J connectivity index is 1.09. The second kappa shape index (κ2) is 15.3. The Morgan fingerprint density at radius 1 is 0.549 bits per heavy atom. The molecule has 12 nitrogen and oxygen atoms in total. The maximum absolute atomic E-state index is 13.2. The lowest BCUT2D eigenvalue weighted by molar-refractivity contribution is 0.0230. The first-order valence-corrected chi connectivity index (χ1v) is 17.4. The van der Waals surface area contributed by atoms with Crippen molar-refractivity contribution < 1.29 is 28.7 Å². The minimum absolute atomic E-state index is 0.263. The molecule has 2 aliphatic rings. The molecule has 3 aromatic carbocycles. The van der Waals surface area contributed by atoms with Crippen LogP contribution in [0, 0.1) is 6.92 Å². The van der Waals surface area contributed by atoms with Crippen molar-refractivity contribution in [3.8, 4) is 0 Å². The molecule has 0 radical (unpaired) electrons. The summed E-state index contributed by atoms with van der Waals surface area (Å²) in [4.78, 5) is 58.9. The second-order valence-corrected chi connectivity index (χ2v) is 14.9. The zero-order valence-corrected chi connectivity index (χ0v) is 30.7. The van der Waals surface area contributed by atoms with E-state index in [2.05, 4.69) is 20.4 Å². The zero-order chi connectivity index (χ0) is 36.9. The van der Waals surface area contributed by atoms with Crippen LogP contribution in [0.3, 0.4) is 0 Å². The van der Waals surface area contributed by atoms with Crippen LogP contribution in [0.15, 0.2) is 66.7 Å². The fourth-order valence-corrected chi connectivity index (χ4v) is 5.92. The number of carbonyl (C=O) groups is 4. The minimum Gasteiger partial charge on any atom is -0.444 e. The number of aryl methyl sites for hydroxylation is 1. The predicted octanol–water partition coefficient (Wildman–Crippen LogP) is 6.61. The van der Waals surface area contributed by atoms with Crippen LogP contribution < -0.4 is 20.4 Å². The number of anilines is 4. The molecule has 51 heavy (non-hydrogen) atoms. The summed E-state index contributed by atoms with van der Waals surface area (Å²) in [7, 11) is 0. The highest BCUT2D eigenvalue weighted by Gasteiger charge is 2.27. The molecule has 0 saturated carbocycles. The van der Waals surface area contributed by atoms with E-state index >= 15 is 0 Å². The van der Waals surface area contributed by atoms with Gasteiger partial charge in [0.25, 0.3) is 11.8 Å². The third-order valence-corrected chi connectivity index (χ3v) is 8.58. The van der Waals surface area contributed by atoms with E-state index in [0.29, 0.717) is 80.4 Å². The lowest BCUT2D eigenvalue weighted by Gasteiger charge is -2.36. The highest BCUT2D eigenvalue weighted by Crippen LogP contribution is 2.24. The first-order valence-electron chi connectivity index (χ1n) is 17.4. The number of piperazine rings is 2. The van der Waals surface area contributed by atoms with Gasteiger partial charge in [0, 0.05) is 86.2 Å². The summed E-state index contributed by atoms with van der Waals surface area (Å²) < 4.78 is 11.0. The smallest absolute Gasteiger partial charge is 0.410 e. The fourth-order valence-electron chi connectivity index (χ4n) is 5.92. The van der Waals surface area contributed by atoms with Gasteiger partial charge in [-0.1, -0.05) is 0 Å². The third kappa shape index (κ3) is 10.1. The van der Waals surface area contributed by atoms with Crippen molar-refractivity contribution in [1.82, 2.24) is 9.80 Å². The van der Waals surface area contributed by atoms with E-state index in [4.69, 9.17) is 9.47 Å². The number of nitrogens with zero attached hydrogens (tertiary/aromatic N) is 4. The van der Waals surface area contributed by atoms with Gasteiger partial charge in [-0.05, 0) is 121 Å². The van der Waals surface area contributed by atoms with Crippen LogP contribution in [0.1, 0.15) is 67.8 Å². The molecule has 272 valence electrons. The summed E-state index contributed by atoms with van der Waals surface area (Å²) in [5, 5.41) is 5.89. The highest BCUT2D eigenvalue weighted by molar-refractivity contribution is 6.08. The fraction of sp³-hybridized carbons (Fsp3) is 0.436. The molecule has 3 aromatic rings. The number of carbonyl (C=O) groups excluding carboxylic acids is 4. The first kappa shape index (κ1) is 37.0. The van der Waals surface area contributed by atoms with Crippen LogP contribution in [-0.2, 0) is 9.47 Å². The number of rotatable bonds is 6. The minimum atomic E-state index is -0.524. The van der Waals surface area contributed by atoms with Crippen molar-refractivity contribution in [1.29, 1.82) is 0 Å². The van der Waals surface area contributed by atoms with Crippen molar-refractivity contribution in [2.24, 2.45) is 0 Å². The quantitative estimate of drug-likeness (QED) is 0.295. The molecule has 0 aliphatic carbocycles. The van der Waals surface area contributed by atoms with Gasteiger partial charge in [0.1, 0.15) is 11.2 Å². The molecule has 2 aliphatic heterocycles. The van der Waals surface area contributed by atoms with Crippen molar-refractivity contribution in [2.45, 2.75) is 59.7 Å². The second-order valence-electron chi connectivity index (χ2n) is 14.9. The van der Waals surface area contributed by atoms with Gasteiger partial charge in [-0.3, -0.25) is 9.59 Å². The molecule has 0 unspecified atom stereocenters. The average Bonchev–Trinajstić information content (AvgIpc) is 3.07. The number of benzene rings is 3. The van der Waals surface area contributed by atoms with Gasteiger partial charge < -0.3 is 39.7 Å². The van der Waals surface area contributed by atoms with Gasteiger partial charge in [-0.2, -0.15) is 0 Å². The summed E-state index contributed by atoms with van der Waals surface area (Å²) in [6.07, 6.45) is -0.584. The van der Waals surface area contributed by atoms with E-state index in [1.165, 1.54) is 0 Å². The van der Waals surface area contributed by atoms with Crippen LogP contribution in [0.5, 0.6) is 0 Å². The summed E-state index contributed by atoms with van der Waals surface area (Å²) >= 11 is 0.